The van der Waals surface area contributed by atoms with Crippen molar-refractivity contribution < 1.29 is 14.3 Å². The quantitative estimate of drug-likeness (QED) is 0.758. The van der Waals surface area contributed by atoms with Gasteiger partial charge in [0.25, 0.3) is 5.91 Å². The maximum absolute atomic E-state index is 12.5. The van der Waals surface area contributed by atoms with Crippen LogP contribution in [0.15, 0.2) is 42.6 Å². The first-order chi connectivity index (χ1) is 11.2. The van der Waals surface area contributed by atoms with Crippen LogP contribution < -0.4 is 14.8 Å². The Labute approximate surface area is 133 Å². The minimum absolute atomic E-state index is 0.234. The van der Waals surface area contributed by atoms with E-state index in [2.05, 4.69) is 15.3 Å². The first-order valence-electron chi connectivity index (χ1n) is 7.27. The summed E-state index contributed by atoms with van der Waals surface area (Å²) in [5.74, 6) is 0.999. The number of aromatic amines is 1. The van der Waals surface area contributed by atoms with E-state index in [0.29, 0.717) is 29.3 Å². The minimum atomic E-state index is -0.234. The van der Waals surface area contributed by atoms with Gasteiger partial charge >= 0.3 is 0 Å². The molecule has 2 heterocycles. The molecular formula is C17H17N3O3. The molecule has 2 N–H and O–H groups in total. The zero-order chi connectivity index (χ0) is 16.2. The van der Waals surface area contributed by atoms with Gasteiger partial charge in [-0.3, -0.25) is 4.79 Å². The van der Waals surface area contributed by atoms with Gasteiger partial charge in [-0.1, -0.05) is 0 Å². The van der Waals surface area contributed by atoms with E-state index in [4.69, 9.17) is 9.47 Å². The van der Waals surface area contributed by atoms with E-state index in [0.717, 1.165) is 11.3 Å². The summed E-state index contributed by atoms with van der Waals surface area (Å²) < 4.78 is 10.5. The lowest BCUT2D eigenvalue weighted by molar-refractivity contribution is 0.102. The van der Waals surface area contributed by atoms with Crippen LogP contribution in [0.4, 0.5) is 5.69 Å². The van der Waals surface area contributed by atoms with E-state index in [1.165, 1.54) is 0 Å². The zero-order valence-electron chi connectivity index (χ0n) is 12.9. The molecule has 118 valence electrons. The van der Waals surface area contributed by atoms with Crippen molar-refractivity contribution in [3.8, 4) is 11.6 Å². The van der Waals surface area contributed by atoms with Crippen molar-refractivity contribution >= 4 is 22.6 Å². The number of amides is 1. The molecule has 1 aromatic carbocycles. The molecule has 0 radical (unpaired) electrons. The molecule has 0 atom stereocenters. The van der Waals surface area contributed by atoms with Crippen LogP contribution >= 0.6 is 0 Å². The summed E-state index contributed by atoms with van der Waals surface area (Å²) in [6.45, 7) is 2.41. The number of benzene rings is 1. The fraction of sp³-hybridized carbons (Fsp3) is 0.176. The van der Waals surface area contributed by atoms with Crippen molar-refractivity contribution in [3.05, 3.63) is 48.2 Å². The SMILES string of the molecule is CCOc1ccc2[nH]cc(C(=O)Nc3ccc(OC)cc3)c2n1. The van der Waals surface area contributed by atoms with Crippen LogP contribution in [0.1, 0.15) is 17.3 Å². The van der Waals surface area contributed by atoms with E-state index >= 15 is 0 Å². The van der Waals surface area contributed by atoms with Crippen molar-refractivity contribution in [2.24, 2.45) is 0 Å². The molecular weight excluding hydrogens is 294 g/mol. The van der Waals surface area contributed by atoms with Gasteiger partial charge in [0.2, 0.25) is 5.88 Å². The van der Waals surface area contributed by atoms with Crippen molar-refractivity contribution in [1.82, 2.24) is 9.97 Å². The molecule has 0 aliphatic heterocycles. The van der Waals surface area contributed by atoms with E-state index in [-0.39, 0.29) is 5.91 Å². The van der Waals surface area contributed by atoms with E-state index in [1.54, 1.807) is 43.6 Å². The monoisotopic (exact) mass is 311 g/mol. The number of pyridine rings is 1. The molecule has 6 nitrogen and oxygen atoms in total. The van der Waals surface area contributed by atoms with Gasteiger partial charge in [0.1, 0.15) is 11.3 Å². The predicted molar refractivity (Wildman–Crippen MR) is 88.2 cm³/mol. The molecule has 3 aromatic rings. The molecule has 0 bridgehead atoms. The molecule has 0 aliphatic rings. The summed E-state index contributed by atoms with van der Waals surface area (Å²) in [6, 6.07) is 10.8. The van der Waals surface area contributed by atoms with Gasteiger partial charge in [-0.2, -0.15) is 0 Å². The first-order valence-corrected chi connectivity index (χ1v) is 7.27. The molecule has 0 fully saturated rings. The van der Waals surface area contributed by atoms with Gasteiger partial charge in [0, 0.05) is 18.0 Å². The number of carbonyl (C=O) groups is 1. The smallest absolute Gasteiger partial charge is 0.259 e. The summed E-state index contributed by atoms with van der Waals surface area (Å²) in [6.07, 6.45) is 1.65. The number of nitrogens with zero attached hydrogens (tertiary/aromatic N) is 1. The fourth-order valence-corrected chi connectivity index (χ4v) is 2.26. The van der Waals surface area contributed by atoms with Crippen LogP contribution in [-0.2, 0) is 0 Å². The Kier molecular flexibility index (Phi) is 4.14. The number of carbonyl (C=O) groups excluding carboxylic acids is 1. The van der Waals surface area contributed by atoms with Crippen LogP contribution in [0.25, 0.3) is 11.0 Å². The van der Waals surface area contributed by atoms with Gasteiger partial charge in [-0.15, -0.1) is 0 Å². The summed E-state index contributed by atoms with van der Waals surface area (Å²) in [7, 11) is 1.60. The van der Waals surface area contributed by atoms with Crippen LogP contribution in [-0.4, -0.2) is 29.6 Å². The van der Waals surface area contributed by atoms with Crippen LogP contribution in [0.5, 0.6) is 11.6 Å². The number of hydrogen-bond acceptors (Lipinski definition) is 4. The molecule has 0 spiro atoms. The zero-order valence-corrected chi connectivity index (χ0v) is 12.9. The Bertz CT molecular complexity index is 825. The molecule has 1 amide bonds. The molecule has 3 rings (SSSR count). The Morgan fingerprint density at radius 2 is 2.00 bits per heavy atom. The Balaban J connectivity index is 1.86. The highest BCUT2D eigenvalue weighted by molar-refractivity contribution is 6.11. The number of fused-ring (bicyclic) bond motifs is 1. The highest BCUT2D eigenvalue weighted by Gasteiger charge is 2.14. The normalized spacial score (nSPS) is 10.5. The van der Waals surface area contributed by atoms with Crippen molar-refractivity contribution in [2.75, 3.05) is 19.0 Å². The van der Waals surface area contributed by atoms with Gasteiger partial charge in [-0.25, -0.2) is 4.98 Å². The highest BCUT2D eigenvalue weighted by Crippen LogP contribution is 2.21. The second-order valence-corrected chi connectivity index (χ2v) is 4.86. The summed E-state index contributed by atoms with van der Waals surface area (Å²) in [4.78, 5) is 19.9. The molecule has 0 saturated carbocycles. The third-order valence-corrected chi connectivity index (χ3v) is 3.38. The summed E-state index contributed by atoms with van der Waals surface area (Å²) in [5, 5.41) is 2.84. The largest absolute Gasteiger partial charge is 0.497 e. The lowest BCUT2D eigenvalue weighted by Gasteiger charge is -2.06. The maximum atomic E-state index is 12.5. The average molecular weight is 311 g/mol. The standard InChI is InChI=1S/C17H17N3O3/c1-3-23-15-9-8-14-16(20-15)13(10-18-14)17(21)19-11-4-6-12(22-2)7-5-11/h4-10,18H,3H2,1-2H3,(H,19,21). The predicted octanol–water partition coefficient (Wildman–Crippen LogP) is 3.22. The number of anilines is 1. The Morgan fingerprint density at radius 3 is 2.70 bits per heavy atom. The molecule has 0 unspecified atom stereocenters. The fourth-order valence-electron chi connectivity index (χ4n) is 2.26. The second-order valence-electron chi connectivity index (χ2n) is 4.86. The number of methoxy groups -OCH3 is 1. The number of hydrogen-bond donors (Lipinski definition) is 2. The molecule has 23 heavy (non-hydrogen) atoms. The van der Waals surface area contributed by atoms with E-state index in [1.807, 2.05) is 13.0 Å². The lowest BCUT2D eigenvalue weighted by atomic mass is 10.2. The van der Waals surface area contributed by atoms with Crippen molar-refractivity contribution in [2.45, 2.75) is 6.92 Å². The van der Waals surface area contributed by atoms with Gasteiger partial charge < -0.3 is 19.8 Å². The van der Waals surface area contributed by atoms with Gasteiger partial charge in [0.05, 0.1) is 24.8 Å². The maximum Gasteiger partial charge on any atom is 0.259 e. The summed E-state index contributed by atoms with van der Waals surface area (Å²) >= 11 is 0. The van der Waals surface area contributed by atoms with Gasteiger partial charge in [-0.05, 0) is 37.3 Å². The summed E-state index contributed by atoms with van der Waals surface area (Å²) in [5.41, 5.74) is 2.53. The first kappa shape index (κ1) is 14.9. The van der Waals surface area contributed by atoms with Crippen LogP contribution in [0, 0.1) is 0 Å². The van der Waals surface area contributed by atoms with Crippen molar-refractivity contribution in [1.29, 1.82) is 0 Å². The lowest BCUT2D eigenvalue weighted by Crippen LogP contribution is -2.11. The Morgan fingerprint density at radius 1 is 1.22 bits per heavy atom. The van der Waals surface area contributed by atoms with Crippen molar-refractivity contribution in [3.63, 3.8) is 0 Å². The number of nitrogens with one attached hydrogen (secondary N) is 2. The van der Waals surface area contributed by atoms with Gasteiger partial charge in [0.15, 0.2) is 0 Å². The Hall–Kier alpha value is -3.02. The van der Waals surface area contributed by atoms with Crippen LogP contribution in [0.2, 0.25) is 0 Å². The topological polar surface area (TPSA) is 76.2 Å². The van der Waals surface area contributed by atoms with E-state index in [9.17, 15) is 4.79 Å². The molecule has 0 aliphatic carbocycles. The average Bonchev–Trinajstić information content (AvgIpc) is 2.99. The third-order valence-electron chi connectivity index (χ3n) is 3.38. The number of H-pyrrole nitrogens is 1. The molecule has 0 saturated heterocycles. The highest BCUT2D eigenvalue weighted by atomic mass is 16.5. The van der Waals surface area contributed by atoms with Crippen LogP contribution in [0.3, 0.4) is 0 Å². The number of ether oxygens (including phenoxy) is 2. The minimum Gasteiger partial charge on any atom is -0.497 e. The number of rotatable bonds is 5. The number of aromatic nitrogens is 2. The molecule has 2 aromatic heterocycles. The third kappa shape index (κ3) is 3.11. The second kappa shape index (κ2) is 6.39. The molecule has 6 heteroatoms. The van der Waals surface area contributed by atoms with E-state index < -0.39 is 0 Å².